The number of aromatic nitrogens is 3. The molecule has 3 rings (SSSR count). The van der Waals surface area contributed by atoms with Crippen LogP contribution in [0.25, 0.3) is 5.69 Å². The Morgan fingerprint density at radius 3 is 2.45 bits per heavy atom. The first-order valence-corrected chi connectivity index (χ1v) is 9.87. The summed E-state index contributed by atoms with van der Waals surface area (Å²) in [6.45, 7) is 1.00. The SMILES string of the molecule is COCCOc1ccc(NC(=O)CSc2nncn2-c2ccc(OC)cc2)cc1. The van der Waals surface area contributed by atoms with Gasteiger partial charge < -0.3 is 19.5 Å². The monoisotopic (exact) mass is 414 g/mol. The number of ether oxygens (including phenoxy) is 3. The van der Waals surface area contributed by atoms with Crippen molar-refractivity contribution in [3.63, 3.8) is 0 Å². The minimum Gasteiger partial charge on any atom is -0.497 e. The highest BCUT2D eigenvalue weighted by atomic mass is 32.2. The smallest absolute Gasteiger partial charge is 0.234 e. The Morgan fingerprint density at radius 1 is 1.03 bits per heavy atom. The molecule has 0 unspecified atom stereocenters. The maximum atomic E-state index is 12.3. The molecule has 9 heteroatoms. The highest BCUT2D eigenvalue weighted by Gasteiger charge is 2.11. The van der Waals surface area contributed by atoms with Gasteiger partial charge in [-0.25, -0.2) is 0 Å². The minimum atomic E-state index is -0.132. The van der Waals surface area contributed by atoms with Crippen LogP contribution in [0.2, 0.25) is 0 Å². The maximum absolute atomic E-state index is 12.3. The summed E-state index contributed by atoms with van der Waals surface area (Å²) in [5, 5.41) is 11.5. The van der Waals surface area contributed by atoms with Crippen LogP contribution in [0, 0.1) is 0 Å². The van der Waals surface area contributed by atoms with Gasteiger partial charge in [-0.05, 0) is 48.5 Å². The molecule has 3 aromatic rings. The predicted molar refractivity (Wildman–Crippen MR) is 111 cm³/mol. The maximum Gasteiger partial charge on any atom is 0.234 e. The fraction of sp³-hybridized carbons (Fsp3) is 0.250. The summed E-state index contributed by atoms with van der Waals surface area (Å²) < 4.78 is 17.4. The number of thioether (sulfide) groups is 1. The first kappa shape index (κ1) is 20.7. The summed E-state index contributed by atoms with van der Waals surface area (Å²) in [5.41, 5.74) is 1.59. The van der Waals surface area contributed by atoms with Crippen LogP contribution in [-0.4, -0.2) is 53.9 Å². The zero-order valence-corrected chi connectivity index (χ0v) is 17.0. The molecule has 29 heavy (non-hydrogen) atoms. The van der Waals surface area contributed by atoms with E-state index in [1.807, 2.05) is 28.8 Å². The van der Waals surface area contributed by atoms with Crippen molar-refractivity contribution in [2.75, 3.05) is 38.5 Å². The minimum absolute atomic E-state index is 0.132. The Balaban J connectivity index is 1.53. The van der Waals surface area contributed by atoms with E-state index in [0.717, 1.165) is 17.2 Å². The Hall–Kier alpha value is -3.04. The summed E-state index contributed by atoms with van der Waals surface area (Å²) in [5.74, 6) is 1.57. The van der Waals surface area contributed by atoms with Gasteiger partial charge in [-0.1, -0.05) is 11.8 Å². The molecule has 1 N–H and O–H groups in total. The van der Waals surface area contributed by atoms with Crippen molar-refractivity contribution in [1.29, 1.82) is 0 Å². The molecule has 1 aromatic heterocycles. The molecular formula is C20H22N4O4S. The Labute approximate surface area is 173 Å². The molecule has 0 aliphatic rings. The molecule has 0 saturated heterocycles. The van der Waals surface area contributed by atoms with Gasteiger partial charge in [0.15, 0.2) is 5.16 Å². The van der Waals surface area contributed by atoms with Crippen LogP contribution in [0.15, 0.2) is 60.0 Å². The van der Waals surface area contributed by atoms with Crippen molar-refractivity contribution in [3.8, 4) is 17.2 Å². The van der Waals surface area contributed by atoms with E-state index in [2.05, 4.69) is 15.5 Å². The van der Waals surface area contributed by atoms with E-state index < -0.39 is 0 Å². The second-order valence-electron chi connectivity index (χ2n) is 5.88. The molecule has 2 aromatic carbocycles. The molecule has 1 amide bonds. The molecule has 0 aliphatic carbocycles. The number of nitrogens with zero attached hydrogens (tertiary/aromatic N) is 3. The van der Waals surface area contributed by atoms with Crippen molar-refractivity contribution in [3.05, 3.63) is 54.9 Å². The van der Waals surface area contributed by atoms with Crippen LogP contribution in [0.3, 0.4) is 0 Å². The first-order valence-electron chi connectivity index (χ1n) is 8.88. The first-order chi connectivity index (χ1) is 14.2. The third-order valence-corrected chi connectivity index (χ3v) is 4.84. The fourth-order valence-corrected chi connectivity index (χ4v) is 3.18. The Morgan fingerprint density at radius 2 is 1.76 bits per heavy atom. The van der Waals surface area contributed by atoms with Crippen molar-refractivity contribution in [2.24, 2.45) is 0 Å². The number of carbonyl (C=O) groups excluding carboxylic acids is 1. The lowest BCUT2D eigenvalue weighted by Crippen LogP contribution is -2.14. The van der Waals surface area contributed by atoms with Crippen LogP contribution >= 0.6 is 11.8 Å². The van der Waals surface area contributed by atoms with Gasteiger partial charge in [0, 0.05) is 18.5 Å². The third kappa shape index (κ3) is 5.97. The van der Waals surface area contributed by atoms with Crippen LogP contribution in [0.1, 0.15) is 0 Å². The molecule has 8 nitrogen and oxygen atoms in total. The molecule has 0 bridgehead atoms. The quantitative estimate of drug-likeness (QED) is 0.403. The molecule has 0 aliphatic heterocycles. The molecule has 0 radical (unpaired) electrons. The molecule has 152 valence electrons. The molecule has 0 saturated carbocycles. The zero-order chi connectivity index (χ0) is 20.5. The standard InChI is InChI=1S/C20H22N4O4S/c1-26-11-12-28-18-7-3-15(4-8-18)22-19(25)13-29-20-23-21-14-24(20)16-5-9-17(27-2)10-6-16/h3-10,14H,11-13H2,1-2H3,(H,22,25). The van der Waals surface area contributed by atoms with Gasteiger partial charge in [0.1, 0.15) is 24.4 Å². The van der Waals surface area contributed by atoms with Gasteiger partial charge in [0.2, 0.25) is 5.91 Å². The Kier molecular flexibility index (Phi) is 7.48. The van der Waals surface area contributed by atoms with Gasteiger partial charge >= 0.3 is 0 Å². The number of hydrogen-bond acceptors (Lipinski definition) is 7. The van der Waals surface area contributed by atoms with E-state index >= 15 is 0 Å². The highest BCUT2D eigenvalue weighted by Crippen LogP contribution is 2.22. The van der Waals surface area contributed by atoms with Gasteiger partial charge in [0.05, 0.1) is 19.5 Å². The summed E-state index contributed by atoms with van der Waals surface area (Å²) in [6.07, 6.45) is 1.62. The number of carbonyl (C=O) groups is 1. The lowest BCUT2D eigenvalue weighted by Gasteiger charge is -2.09. The van der Waals surface area contributed by atoms with E-state index in [-0.39, 0.29) is 11.7 Å². The second-order valence-corrected chi connectivity index (χ2v) is 6.83. The third-order valence-electron chi connectivity index (χ3n) is 3.89. The number of hydrogen-bond donors (Lipinski definition) is 1. The molecule has 1 heterocycles. The Bertz CT molecular complexity index is 913. The summed E-state index contributed by atoms with van der Waals surface area (Å²) >= 11 is 1.31. The fourth-order valence-electron chi connectivity index (χ4n) is 2.45. The van der Waals surface area contributed by atoms with Crippen molar-refractivity contribution >= 4 is 23.4 Å². The molecule has 0 spiro atoms. The predicted octanol–water partition coefficient (Wildman–Crippen LogP) is 3.03. The normalized spacial score (nSPS) is 10.6. The number of methoxy groups -OCH3 is 2. The van der Waals surface area contributed by atoms with E-state index in [1.54, 1.807) is 44.8 Å². The number of amides is 1. The van der Waals surface area contributed by atoms with Gasteiger partial charge in [-0.3, -0.25) is 9.36 Å². The highest BCUT2D eigenvalue weighted by molar-refractivity contribution is 7.99. The van der Waals surface area contributed by atoms with Crippen molar-refractivity contribution in [1.82, 2.24) is 14.8 Å². The topological polar surface area (TPSA) is 87.5 Å². The molecule has 0 fully saturated rings. The van der Waals surface area contributed by atoms with Gasteiger partial charge in [-0.15, -0.1) is 10.2 Å². The van der Waals surface area contributed by atoms with Crippen molar-refractivity contribution in [2.45, 2.75) is 5.16 Å². The van der Waals surface area contributed by atoms with Crippen LogP contribution < -0.4 is 14.8 Å². The van der Waals surface area contributed by atoms with Crippen LogP contribution in [0.5, 0.6) is 11.5 Å². The van der Waals surface area contributed by atoms with Crippen LogP contribution in [-0.2, 0) is 9.53 Å². The van der Waals surface area contributed by atoms with E-state index in [9.17, 15) is 4.79 Å². The largest absolute Gasteiger partial charge is 0.497 e. The van der Waals surface area contributed by atoms with E-state index in [1.165, 1.54) is 11.8 Å². The molecule has 0 atom stereocenters. The van der Waals surface area contributed by atoms with Gasteiger partial charge in [-0.2, -0.15) is 0 Å². The number of nitrogens with one attached hydrogen (secondary N) is 1. The summed E-state index contributed by atoms with van der Waals surface area (Å²) in [7, 11) is 3.25. The average Bonchev–Trinajstić information content (AvgIpc) is 3.22. The number of benzene rings is 2. The van der Waals surface area contributed by atoms with E-state index in [4.69, 9.17) is 14.2 Å². The second kappa shape index (κ2) is 10.5. The summed E-state index contributed by atoms with van der Waals surface area (Å²) in [6, 6.07) is 14.7. The number of anilines is 1. The number of rotatable bonds is 10. The zero-order valence-electron chi connectivity index (χ0n) is 16.2. The lowest BCUT2D eigenvalue weighted by atomic mass is 10.3. The lowest BCUT2D eigenvalue weighted by molar-refractivity contribution is -0.113. The summed E-state index contributed by atoms with van der Waals surface area (Å²) in [4.78, 5) is 12.3. The van der Waals surface area contributed by atoms with E-state index in [0.29, 0.717) is 24.1 Å². The van der Waals surface area contributed by atoms with Gasteiger partial charge in [0.25, 0.3) is 0 Å². The molecular weight excluding hydrogens is 392 g/mol. The van der Waals surface area contributed by atoms with Crippen molar-refractivity contribution < 1.29 is 19.0 Å². The average molecular weight is 414 g/mol. The van der Waals surface area contributed by atoms with Crippen LogP contribution in [0.4, 0.5) is 5.69 Å².